The highest BCUT2D eigenvalue weighted by molar-refractivity contribution is 5.68. The lowest BCUT2D eigenvalue weighted by Crippen LogP contribution is -2.41. The number of nitrogens with zero attached hydrogens (tertiary/aromatic N) is 2. The Balaban J connectivity index is 3.02. The van der Waals surface area contributed by atoms with Crippen LogP contribution < -0.4 is 5.73 Å². The standard InChI is InChI=1S/C10H17N3O2/c1-10(2,11)7(6-9(14)15)8-4-5-12-13(8)3/h4-5,7H,6,11H2,1-3H3,(H,14,15). The van der Waals surface area contributed by atoms with Crippen LogP contribution in [-0.4, -0.2) is 26.4 Å². The molecule has 0 fully saturated rings. The summed E-state index contributed by atoms with van der Waals surface area (Å²) in [7, 11) is 1.79. The summed E-state index contributed by atoms with van der Waals surface area (Å²) in [5.41, 5.74) is 6.26. The Labute approximate surface area is 88.9 Å². The van der Waals surface area contributed by atoms with Gasteiger partial charge >= 0.3 is 5.97 Å². The van der Waals surface area contributed by atoms with Crippen molar-refractivity contribution >= 4 is 5.97 Å². The summed E-state index contributed by atoms with van der Waals surface area (Å²) < 4.78 is 1.67. The fourth-order valence-electron chi connectivity index (χ4n) is 1.65. The minimum absolute atomic E-state index is 0.0169. The number of carboxylic acids is 1. The van der Waals surface area contributed by atoms with Gasteiger partial charge in [0.25, 0.3) is 0 Å². The number of hydrogen-bond donors (Lipinski definition) is 2. The average Bonchev–Trinajstić information content (AvgIpc) is 2.45. The van der Waals surface area contributed by atoms with Crippen molar-refractivity contribution in [1.29, 1.82) is 0 Å². The van der Waals surface area contributed by atoms with E-state index in [1.165, 1.54) is 0 Å². The van der Waals surface area contributed by atoms with Crippen molar-refractivity contribution in [2.24, 2.45) is 12.8 Å². The van der Waals surface area contributed by atoms with Crippen molar-refractivity contribution in [3.8, 4) is 0 Å². The molecule has 5 nitrogen and oxygen atoms in total. The molecule has 0 aliphatic heterocycles. The predicted molar refractivity (Wildman–Crippen MR) is 56.5 cm³/mol. The molecule has 5 heteroatoms. The van der Waals surface area contributed by atoms with E-state index in [2.05, 4.69) is 5.10 Å². The molecule has 0 amide bonds. The monoisotopic (exact) mass is 211 g/mol. The number of aliphatic carboxylic acids is 1. The third-order valence-corrected chi connectivity index (χ3v) is 2.49. The SMILES string of the molecule is Cn1nccc1C(CC(=O)O)C(C)(C)N. The van der Waals surface area contributed by atoms with Crippen LogP contribution in [-0.2, 0) is 11.8 Å². The van der Waals surface area contributed by atoms with Gasteiger partial charge in [0, 0.05) is 30.4 Å². The van der Waals surface area contributed by atoms with E-state index in [-0.39, 0.29) is 12.3 Å². The molecule has 84 valence electrons. The van der Waals surface area contributed by atoms with Crippen LogP contribution in [0.5, 0.6) is 0 Å². The summed E-state index contributed by atoms with van der Waals surface area (Å²) in [6, 6.07) is 1.81. The van der Waals surface area contributed by atoms with Gasteiger partial charge in [-0.05, 0) is 19.9 Å². The van der Waals surface area contributed by atoms with Gasteiger partial charge in [-0.3, -0.25) is 9.48 Å². The number of aryl methyl sites for hydroxylation is 1. The molecule has 1 rings (SSSR count). The van der Waals surface area contributed by atoms with Gasteiger partial charge in [-0.1, -0.05) is 0 Å². The van der Waals surface area contributed by atoms with Crippen molar-refractivity contribution in [3.63, 3.8) is 0 Å². The normalized spacial score (nSPS) is 13.9. The van der Waals surface area contributed by atoms with Crippen LogP contribution in [0.1, 0.15) is 31.9 Å². The highest BCUT2D eigenvalue weighted by atomic mass is 16.4. The summed E-state index contributed by atoms with van der Waals surface area (Å²) >= 11 is 0. The summed E-state index contributed by atoms with van der Waals surface area (Å²) in [5, 5.41) is 12.9. The molecule has 1 heterocycles. The summed E-state index contributed by atoms with van der Waals surface area (Å²) in [5.74, 6) is -1.08. The number of rotatable bonds is 4. The lowest BCUT2D eigenvalue weighted by molar-refractivity contribution is -0.137. The van der Waals surface area contributed by atoms with Gasteiger partial charge in [-0.15, -0.1) is 0 Å². The Kier molecular flexibility index (Phi) is 3.14. The van der Waals surface area contributed by atoms with E-state index in [0.717, 1.165) is 5.69 Å². The molecule has 0 spiro atoms. The minimum Gasteiger partial charge on any atom is -0.481 e. The molecule has 0 radical (unpaired) electrons. The first kappa shape index (κ1) is 11.7. The molecule has 1 aromatic rings. The smallest absolute Gasteiger partial charge is 0.304 e. The van der Waals surface area contributed by atoms with Crippen molar-refractivity contribution in [2.45, 2.75) is 31.7 Å². The van der Waals surface area contributed by atoms with Gasteiger partial charge in [0.2, 0.25) is 0 Å². The van der Waals surface area contributed by atoms with E-state index in [4.69, 9.17) is 10.8 Å². The second-order valence-electron chi connectivity index (χ2n) is 4.35. The number of aromatic nitrogens is 2. The third kappa shape index (κ3) is 2.79. The first-order valence-electron chi connectivity index (χ1n) is 4.81. The molecule has 0 aliphatic rings. The maximum atomic E-state index is 10.8. The van der Waals surface area contributed by atoms with Crippen LogP contribution in [0.3, 0.4) is 0 Å². The van der Waals surface area contributed by atoms with E-state index in [9.17, 15) is 4.79 Å². The second-order valence-corrected chi connectivity index (χ2v) is 4.35. The molecule has 0 saturated carbocycles. The van der Waals surface area contributed by atoms with Crippen LogP contribution in [0.25, 0.3) is 0 Å². The van der Waals surface area contributed by atoms with Gasteiger partial charge in [0.15, 0.2) is 0 Å². The predicted octanol–water partition coefficient (Wildman–Crippen LogP) is 0.716. The van der Waals surface area contributed by atoms with Crippen molar-refractivity contribution in [1.82, 2.24) is 9.78 Å². The molecular weight excluding hydrogens is 194 g/mol. The zero-order valence-electron chi connectivity index (χ0n) is 9.27. The maximum absolute atomic E-state index is 10.8. The molecule has 3 N–H and O–H groups in total. The molecule has 1 atom stereocenters. The van der Waals surface area contributed by atoms with Crippen molar-refractivity contribution in [2.75, 3.05) is 0 Å². The van der Waals surface area contributed by atoms with Crippen LogP contribution in [0.2, 0.25) is 0 Å². The van der Waals surface area contributed by atoms with Gasteiger partial charge < -0.3 is 10.8 Å². The highest BCUT2D eigenvalue weighted by Crippen LogP contribution is 2.28. The van der Waals surface area contributed by atoms with Crippen LogP contribution in [0.4, 0.5) is 0 Å². The van der Waals surface area contributed by atoms with Crippen LogP contribution in [0, 0.1) is 0 Å². The molecule has 0 aromatic carbocycles. The zero-order valence-corrected chi connectivity index (χ0v) is 9.27. The second kappa shape index (κ2) is 4.02. The summed E-state index contributed by atoms with van der Waals surface area (Å²) in [6.45, 7) is 3.65. The highest BCUT2D eigenvalue weighted by Gasteiger charge is 2.30. The topological polar surface area (TPSA) is 81.1 Å². The molecular formula is C10H17N3O2. The maximum Gasteiger partial charge on any atom is 0.304 e. The van der Waals surface area contributed by atoms with E-state index >= 15 is 0 Å². The number of nitrogens with two attached hydrogens (primary N) is 1. The van der Waals surface area contributed by atoms with Crippen molar-refractivity contribution < 1.29 is 9.90 Å². The molecule has 0 aliphatic carbocycles. The first-order chi connectivity index (χ1) is 6.82. The fraction of sp³-hybridized carbons (Fsp3) is 0.600. The third-order valence-electron chi connectivity index (χ3n) is 2.49. The Hall–Kier alpha value is -1.36. The summed E-state index contributed by atoms with van der Waals surface area (Å²) in [6.07, 6.45) is 1.67. The zero-order chi connectivity index (χ0) is 11.6. The van der Waals surface area contributed by atoms with E-state index in [1.807, 2.05) is 19.9 Å². The quantitative estimate of drug-likeness (QED) is 0.768. The van der Waals surface area contributed by atoms with Gasteiger partial charge in [0.05, 0.1) is 6.42 Å². The van der Waals surface area contributed by atoms with E-state index < -0.39 is 11.5 Å². The Morgan fingerprint density at radius 3 is 2.67 bits per heavy atom. The number of carboxylic acid groups (broad SMARTS) is 1. The van der Waals surface area contributed by atoms with Gasteiger partial charge in [-0.2, -0.15) is 5.10 Å². The lowest BCUT2D eigenvalue weighted by Gasteiger charge is -2.29. The fourth-order valence-corrected chi connectivity index (χ4v) is 1.65. The van der Waals surface area contributed by atoms with Gasteiger partial charge in [-0.25, -0.2) is 0 Å². The van der Waals surface area contributed by atoms with E-state index in [0.29, 0.717) is 0 Å². The molecule has 0 bridgehead atoms. The van der Waals surface area contributed by atoms with Gasteiger partial charge in [0.1, 0.15) is 0 Å². The average molecular weight is 211 g/mol. The van der Waals surface area contributed by atoms with Crippen LogP contribution >= 0.6 is 0 Å². The van der Waals surface area contributed by atoms with E-state index in [1.54, 1.807) is 17.9 Å². The largest absolute Gasteiger partial charge is 0.481 e. The molecule has 1 aromatic heterocycles. The molecule has 0 saturated heterocycles. The molecule has 15 heavy (non-hydrogen) atoms. The Morgan fingerprint density at radius 2 is 2.33 bits per heavy atom. The molecule has 1 unspecified atom stereocenters. The van der Waals surface area contributed by atoms with Crippen LogP contribution in [0.15, 0.2) is 12.3 Å². The minimum atomic E-state index is -0.847. The Bertz CT molecular complexity index is 352. The number of hydrogen-bond acceptors (Lipinski definition) is 3. The number of carbonyl (C=O) groups is 1. The summed E-state index contributed by atoms with van der Waals surface area (Å²) in [4.78, 5) is 10.8. The lowest BCUT2D eigenvalue weighted by atomic mass is 9.83. The first-order valence-corrected chi connectivity index (χ1v) is 4.81. The Morgan fingerprint density at radius 1 is 1.73 bits per heavy atom. The van der Waals surface area contributed by atoms with Crippen molar-refractivity contribution in [3.05, 3.63) is 18.0 Å².